The Labute approximate surface area is 121 Å². The third-order valence-corrected chi connectivity index (χ3v) is 2.98. The van der Waals surface area contributed by atoms with E-state index in [9.17, 15) is 13.2 Å². The van der Waals surface area contributed by atoms with Gasteiger partial charge in [0.1, 0.15) is 5.69 Å². The van der Waals surface area contributed by atoms with E-state index >= 15 is 0 Å². The molecule has 0 radical (unpaired) electrons. The van der Waals surface area contributed by atoms with E-state index in [1.807, 2.05) is 0 Å². The third kappa shape index (κ3) is 2.49. The summed E-state index contributed by atoms with van der Waals surface area (Å²) in [5, 5.41) is 4.26. The van der Waals surface area contributed by atoms with Crippen molar-refractivity contribution in [1.82, 2.24) is 19.6 Å². The summed E-state index contributed by atoms with van der Waals surface area (Å²) in [7, 11) is 0. The minimum absolute atomic E-state index is 0.00335. The fourth-order valence-corrected chi connectivity index (χ4v) is 2.12. The van der Waals surface area contributed by atoms with E-state index < -0.39 is 11.9 Å². The minimum atomic E-state index is -4.53. The first-order valence-corrected chi connectivity index (χ1v) is 6.08. The molecular weight excluding hydrogens is 307 g/mol. The molecule has 0 saturated heterocycles. The SMILES string of the molecule is Nc1nc2cc(Cl)cc(-c3ccnc(C(F)(F)F)c3)n2n1. The summed E-state index contributed by atoms with van der Waals surface area (Å²) >= 11 is 5.95. The quantitative estimate of drug-likeness (QED) is 0.749. The Kier molecular flexibility index (Phi) is 2.98. The highest BCUT2D eigenvalue weighted by Gasteiger charge is 2.32. The van der Waals surface area contributed by atoms with Crippen LogP contribution in [0.1, 0.15) is 5.69 Å². The van der Waals surface area contributed by atoms with E-state index in [1.54, 1.807) is 0 Å². The van der Waals surface area contributed by atoms with Crippen LogP contribution in [0.3, 0.4) is 0 Å². The number of nitrogen functional groups attached to an aromatic ring is 1. The van der Waals surface area contributed by atoms with Gasteiger partial charge in [0.05, 0.1) is 5.69 Å². The van der Waals surface area contributed by atoms with E-state index in [1.165, 1.54) is 22.7 Å². The van der Waals surface area contributed by atoms with Crippen LogP contribution in [0.5, 0.6) is 0 Å². The Morgan fingerprint density at radius 2 is 1.95 bits per heavy atom. The molecule has 0 bridgehead atoms. The van der Waals surface area contributed by atoms with Crippen LogP contribution in [-0.4, -0.2) is 19.6 Å². The van der Waals surface area contributed by atoms with Gasteiger partial charge in [0.15, 0.2) is 5.65 Å². The molecule has 0 fully saturated rings. The van der Waals surface area contributed by atoms with E-state index in [0.717, 1.165) is 12.3 Å². The number of halogens is 4. The standard InChI is InChI=1S/C12H7ClF3N5/c13-7-4-8(21-10(5-7)19-11(17)20-21)6-1-2-18-9(3-6)12(14,15)16/h1-5H,(H2,17,20). The maximum atomic E-state index is 12.7. The van der Waals surface area contributed by atoms with Crippen molar-refractivity contribution in [3.05, 3.63) is 41.2 Å². The predicted molar refractivity (Wildman–Crippen MR) is 70.6 cm³/mol. The van der Waals surface area contributed by atoms with Gasteiger partial charge < -0.3 is 5.73 Å². The number of hydrogen-bond acceptors (Lipinski definition) is 4. The van der Waals surface area contributed by atoms with Crippen LogP contribution < -0.4 is 5.73 Å². The lowest BCUT2D eigenvalue weighted by Crippen LogP contribution is -2.08. The average Bonchev–Trinajstić information content (AvgIpc) is 2.77. The summed E-state index contributed by atoms with van der Waals surface area (Å²) in [6.07, 6.45) is -3.46. The number of rotatable bonds is 1. The van der Waals surface area contributed by atoms with Crippen LogP contribution in [-0.2, 0) is 6.18 Å². The maximum Gasteiger partial charge on any atom is 0.433 e. The molecule has 0 aliphatic rings. The predicted octanol–water partition coefficient (Wildman–Crippen LogP) is 3.05. The largest absolute Gasteiger partial charge is 0.433 e. The highest BCUT2D eigenvalue weighted by atomic mass is 35.5. The second kappa shape index (κ2) is 4.59. The second-order valence-electron chi connectivity index (χ2n) is 4.23. The summed E-state index contributed by atoms with van der Waals surface area (Å²) < 4.78 is 39.5. The topological polar surface area (TPSA) is 69.1 Å². The highest BCUT2D eigenvalue weighted by molar-refractivity contribution is 6.31. The Morgan fingerprint density at radius 1 is 1.19 bits per heavy atom. The lowest BCUT2D eigenvalue weighted by molar-refractivity contribution is -0.141. The molecule has 0 aliphatic carbocycles. The van der Waals surface area contributed by atoms with Crippen LogP contribution in [0.2, 0.25) is 5.02 Å². The Balaban J connectivity index is 2.25. The summed E-state index contributed by atoms with van der Waals surface area (Å²) in [5.41, 5.74) is 5.46. The van der Waals surface area contributed by atoms with Gasteiger partial charge >= 0.3 is 6.18 Å². The van der Waals surface area contributed by atoms with Gasteiger partial charge in [-0.2, -0.15) is 18.2 Å². The van der Waals surface area contributed by atoms with Crippen molar-refractivity contribution in [1.29, 1.82) is 0 Å². The van der Waals surface area contributed by atoms with Gasteiger partial charge in [-0.1, -0.05) is 11.6 Å². The molecular formula is C12H7ClF3N5. The molecule has 0 aromatic carbocycles. The lowest BCUT2D eigenvalue weighted by Gasteiger charge is -2.09. The van der Waals surface area contributed by atoms with Crippen molar-refractivity contribution in [2.45, 2.75) is 6.18 Å². The molecule has 0 unspecified atom stereocenters. The highest BCUT2D eigenvalue weighted by Crippen LogP contribution is 2.31. The van der Waals surface area contributed by atoms with Crippen molar-refractivity contribution < 1.29 is 13.2 Å². The normalized spacial score (nSPS) is 12.0. The molecule has 2 N–H and O–H groups in total. The van der Waals surface area contributed by atoms with Gasteiger partial charge in [-0.05, 0) is 18.2 Å². The summed E-state index contributed by atoms with van der Waals surface area (Å²) in [6.45, 7) is 0. The number of nitrogens with two attached hydrogens (primary N) is 1. The average molecular weight is 314 g/mol. The molecule has 21 heavy (non-hydrogen) atoms. The minimum Gasteiger partial charge on any atom is -0.366 e. The first-order chi connectivity index (χ1) is 9.84. The number of pyridine rings is 2. The number of nitrogens with zero attached hydrogens (tertiary/aromatic N) is 4. The van der Waals surface area contributed by atoms with Gasteiger partial charge in [-0.15, -0.1) is 5.10 Å². The Hall–Kier alpha value is -2.35. The Morgan fingerprint density at radius 3 is 2.67 bits per heavy atom. The molecule has 0 amide bonds. The van der Waals surface area contributed by atoms with Crippen molar-refractivity contribution in [3.8, 4) is 11.3 Å². The number of fused-ring (bicyclic) bond motifs is 1. The molecule has 5 nitrogen and oxygen atoms in total. The molecule has 0 saturated carbocycles. The zero-order valence-electron chi connectivity index (χ0n) is 10.3. The second-order valence-corrected chi connectivity index (χ2v) is 4.66. The van der Waals surface area contributed by atoms with E-state index in [2.05, 4.69) is 15.1 Å². The molecule has 0 aliphatic heterocycles. The lowest BCUT2D eigenvalue weighted by atomic mass is 10.1. The van der Waals surface area contributed by atoms with Gasteiger partial charge in [-0.3, -0.25) is 4.98 Å². The molecule has 0 atom stereocenters. The van der Waals surface area contributed by atoms with Crippen molar-refractivity contribution in [2.24, 2.45) is 0 Å². The molecule has 3 rings (SSSR count). The van der Waals surface area contributed by atoms with Crippen molar-refractivity contribution >= 4 is 23.2 Å². The summed E-state index contributed by atoms with van der Waals surface area (Å²) in [5.74, 6) is 0.00335. The van der Waals surface area contributed by atoms with Crippen molar-refractivity contribution in [2.75, 3.05) is 5.73 Å². The molecule has 3 aromatic rings. The van der Waals surface area contributed by atoms with Crippen LogP contribution in [0.25, 0.3) is 16.9 Å². The maximum absolute atomic E-state index is 12.7. The van der Waals surface area contributed by atoms with Gasteiger partial charge in [0.25, 0.3) is 0 Å². The molecule has 108 valence electrons. The van der Waals surface area contributed by atoms with Gasteiger partial charge in [0, 0.05) is 22.8 Å². The van der Waals surface area contributed by atoms with Gasteiger partial charge in [-0.25, -0.2) is 4.52 Å². The zero-order chi connectivity index (χ0) is 15.2. The van der Waals surface area contributed by atoms with Crippen LogP contribution in [0, 0.1) is 0 Å². The number of anilines is 1. The van der Waals surface area contributed by atoms with Gasteiger partial charge in [0.2, 0.25) is 5.95 Å². The fraction of sp³-hybridized carbons (Fsp3) is 0.0833. The van der Waals surface area contributed by atoms with E-state index in [-0.39, 0.29) is 11.5 Å². The fourth-order valence-electron chi connectivity index (χ4n) is 1.92. The third-order valence-electron chi connectivity index (χ3n) is 2.76. The first kappa shape index (κ1) is 13.6. The van der Waals surface area contributed by atoms with Crippen LogP contribution in [0.15, 0.2) is 30.5 Å². The molecule has 9 heteroatoms. The first-order valence-electron chi connectivity index (χ1n) is 5.70. The number of hydrogen-bond donors (Lipinski definition) is 1. The molecule has 0 spiro atoms. The summed E-state index contributed by atoms with van der Waals surface area (Å²) in [4.78, 5) is 7.25. The molecule has 3 heterocycles. The van der Waals surface area contributed by atoms with E-state index in [0.29, 0.717) is 16.4 Å². The molecule has 3 aromatic heterocycles. The van der Waals surface area contributed by atoms with Crippen LogP contribution in [0.4, 0.5) is 19.1 Å². The smallest absolute Gasteiger partial charge is 0.366 e. The van der Waals surface area contributed by atoms with E-state index in [4.69, 9.17) is 17.3 Å². The monoisotopic (exact) mass is 313 g/mol. The summed E-state index contributed by atoms with van der Waals surface area (Å²) in [6, 6.07) is 5.35. The van der Waals surface area contributed by atoms with Crippen molar-refractivity contribution in [3.63, 3.8) is 0 Å². The Bertz CT molecular complexity index is 827. The van der Waals surface area contributed by atoms with Crippen LogP contribution >= 0.6 is 11.6 Å². The number of aromatic nitrogens is 4. The zero-order valence-corrected chi connectivity index (χ0v) is 11.0. The number of alkyl halides is 3.